The lowest BCUT2D eigenvalue weighted by Gasteiger charge is -2.17. The van der Waals surface area contributed by atoms with E-state index < -0.39 is 0 Å². The zero-order valence-corrected chi connectivity index (χ0v) is 8.58. The zero-order chi connectivity index (χ0) is 10.3. The Bertz CT molecular complexity index is 164. The number of aldehydes is 1. The summed E-state index contributed by atoms with van der Waals surface area (Å²) in [5, 5.41) is 0. The van der Waals surface area contributed by atoms with E-state index in [0.29, 0.717) is 24.9 Å². The van der Waals surface area contributed by atoms with E-state index in [4.69, 9.17) is 4.74 Å². The molecule has 3 heteroatoms. The summed E-state index contributed by atoms with van der Waals surface area (Å²) in [5.41, 5.74) is 0. The first-order chi connectivity index (χ1) is 6.07. The molecule has 0 aliphatic carbocycles. The van der Waals surface area contributed by atoms with Gasteiger partial charge in [0.15, 0.2) is 0 Å². The lowest BCUT2D eigenvalue weighted by molar-refractivity contribution is -0.141. The van der Waals surface area contributed by atoms with Gasteiger partial charge >= 0.3 is 5.97 Å². The summed E-state index contributed by atoms with van der Waals surface area (Å²) in [5.74, 6) is 0.534. The van der Waals surface area contributed by atoms with Gasteiger partial charge in [-0.3, -0.25) is 4.79 Å². The first kappa shape index (κ1) is 12.1. The molecule has 0 aliphatic rings. The van der Waals surface area contributed by atoms with Crippen LogP contribution in [0.5, 0.6) is 0 Å². The second-order valence-electron chi connectivity index (χ2n) is 3.54. The van der Waals surface area contributed by atoms with E-state index in [1.165, 1.54) is 6.92 Å². The van der Waals surface area contributed by atoms with Gasteiger partial charge in [0.1, 0.15) is 6.29 Å². The lowest BCUT2D eigenvalue weighted by atomic mass is 9.90. The van der Waals surface area contributed by atoms with Crippen molar-refractivity contribution in [1.29, 1.82) is 0 Å². The summed E-state index contributed by atoms with van der Waals surface area (Å²) in [6.45, 7) is 5.96. The fourth-order valence-electron chi connectivity index (χ4n) is 1.20. The molecular formula is C10H18O3. The molecule has 13 heavy (non-hydrogen) atoms. The maximum Gasteiger partial charge on any atom is 0.302 e. The second kappa shape index (κ2) is 6.63. The van der Waals surface area contributed by atoms with Crippen molar-refractivity contribution in [3.63, 3.8) is 0 Å². The van der Waals surface area contributed by atoms with E-state index in [9.17, 15) is 9.59 Å². The van der Waals surface area contributed by atoms with Gasteiger partial charge in [0.05, 0.1) is 6.61 Å². The molecule has 0 N–H and O–H groups in total. The molecule has 0 saturated heterocycles. The Labute approximate surface area is 79.5 Å². The summed E-state index contributed by atoms with van der Waals surface area (Å²) in [7, 11) is 0. The van der Waals surface area contributed by atoms with Crippen molar-refractivity contribution in [2.45, 2.75) is 33.6 Å². The molecular weight excluding hydrogens is 168 g/mol. The number of esters is 1. The van der Waals surface area contributed by atoms with Crippen molar-refractivity contribution in [3.05, 3.63) is 0 Å². The van der Waals surface area contributed by atoms with Gasteiger partial charge in [0.25, 0.3) is 0 Å². The third kappa shape index (κ3) is 6.31. The topological polar surface area (TPSA) is 43.4 Å². The van der Waals surface area contributed by atoms with Crippen molar-refractivity contribution >= 4 is 12.3 Å². The monoisotopic (exact) mass is 186 g/mol. The van der Waals surface area contributed by atoms with E-state index in [2.05, 4.69) is 13.8 Å². The van der Waals surface area contributed by atoms with Gasteiger partial charge < -0.3 is 9.53 Å². The van der Waals surface area contributed by atoms with Gasteiger partial charge in [-0.2, -0.15) is 0 Å². The van der Waals surface area contributed by atoms with Crippen molar-refractivity contribution in [1.82, 2.24) is 0 Å². The first-order valence-corrected chi connectivity index (χ1v) is 4.65. The number of ether oxygens (including phenoxy) is 1. The highest BCUT2D eigenvalue weighted by atomic mass is 16.5. The standard InChI is InChI=1S/C10H18O3/c1-8(2)10(4-6-11)5-7-13-9(3)12/h6,8,10H,4-5,7H2,1-3H3. The van der Waals surface area contributed by atoms with Crippen molar-refractivity contribution in [2.24, 2.45) is 11.8 Å². The van der Waals surface area contributed by atoms with Gasteiger partial charge in [-0.05, 0) is 18.3 Å². The molecule has 0 amide bonds. The van der Waals surface area contributed by atoms with Crippen LogP contribution >= 0.6 is 0 Å². The maximum atomic E-state index is 10.5. The van der Waals surface area contributed by atoms with Crippen LogP contribution in [0.25, 0.3) is 0 Å². The Morgan fingerprint density at radius 2 is 2.08 bits per heavy atom. The Balaban J connectivity index is 3.68. The van der Waals surface area contributed by atoms with Crippen LogP contribution in [0.1, 0.15) is 33.6 Å². The van der Waals surface area contributed by atoms with E-state index in [1.54, 1.807) is 0 Å². The van der Waals surface area contributed by atoms with Crippen molar-refractivity contribution < 1.29 is 14.3 Å². The molecule has 0 radical (unpaired) electrons. The number of carbonyl (C=O) groups is 2. The molecule has 76 valence electrons. The van der Waals surface area contributed by atoms with Crippen molar-refractivity contribution in [2.75, 3.05) is 6.61 Å². The fraction of sp³-hybridized carbons (Fsp3) is 0.800. The smallest absolute Gasteiger partial charge is 0.302 e. The highest BCUT2D eigenvalue weighted by Crippen LogP contribution is 2.17. The van der Waals surface area contributed by atoms with Crippen LogP contribution in [0.15, 0.2) is 0 Å². The Hall–Kier alpha value is -0.860. The average molecular weight is 186 g/mol. The van der Waals surface area contributed by atoms with Crippen LogP contribution in [0.2, 0.25) is 0 Å². The Kier molecular flexibility index (Phi) is 6.20. The number of rotatable bonds is 6. The second-order valence-corrected chi connectivity index (χ2v) is 3.54. The average Bonchev–Trinajstić information content (AvgIpc) is 2.02. The molecule has 0 heterocycles. The highest BCUT2D eigenvalue weighted by Gasteiger charge is 2.12. The molecule has 0 rings (SSSR count). The van der Waals surface area contributed by atoms with Gasteiger partial charge in [-0.25, -0.2) is 0 Å². The van der Waals surface area contributed by atoms with Crippen molar-refractivity contribution in [3.8, 4) is 0 Å². The third-order valence-electron chi connectivity index (χ3n) is 2.14. The minimum Gasteiger partial charge on any atom is -0.466 e. The quantitative estimate of drug-likeness (QED) is 0.469. The number of hydrogen-bond donors (Lipinski definition) is 0. The van der Waals surface area contributed by atoms with Crippen LogP contribution in [-0.4, -0.2) is 18.9 Å². The normalized spacial score (nSPS) is 12.6. The SMILES string of the molecule is CC(=O)OCCC(CC=O)C(C)C. The van der Waals surface area contributed by atoms with E-state index >= 15 is 0 Å². The zero-order valence-electron chi connectivity index (χ0n) is 8.58. The number of hydrogen-bond acceptors (Lipinski definition) is 3. The Morgan fingerprint density at radius 3 is 2.46 bits per heavy atom. The van der Waals surface area contributed by atoms with E-state index in [1.807, 2.05) is 0 Å². The van der Waals surface area contributed by atoms with Crippen LogP contribution in [0.3, 0.4) is 0 Å². The molecule has 0 spiro atoms. The highest BCUT2D eigenvalue weighted by molar-refractivity contribution is 5.65. The molecule has 0 saturated carbocycles. The molecule has 1 unspecified atom stereocenters. The predicted octanol–water partition coefficient (Wildman–Crippen LogP) is 1.80. The molecule has 0 aromatic carbocycles. The van der Waals surface area contributed by atoms with E-state index in [0.717, 1.165) is 12.7 Å². The Morgan fingerprint density at radius 1 is 1.46 bits per heavy atom. The van der Waals surface area contributed by atoms with Crippen LogP contribution in [0, 0.1) is 11.8 Å². The van der Waals surface area contributed by atoms with E-state index in [-0.39, 0.29) is 5.97 Å². The molecule has 0 aliphatic heterocycles. The first-order valence-electron chi connectivity index (χ1n) is 4.65. The molecule has 3 nitrogen and oxygen atoms in total. The predicted molar refractivity (Wildman–Crippen MR) is 50.3 cm³/mol. The number of carbonyl (C=O) groups excluding carboxylic acids is 2. The summed E-state index contributed by atoms with van der Waals surface area (Å²) in [6, 6.07) is 0. The van der Waals surface area contributed by atoms with Gasteiger partial charge in [0.2, 0.25) is 0 Å². The fourth-order valence-corrected chi connectivity index (χ4v) is 1.20. The third-order valence-corrected chi connectivity index (χ3v) is 2.14. The van der Waals surface area contributed by atoms with Crippen LogP contribution < -0.4 is 0 Å². The lowest BCUT2D eigenvalue weighted by Crippen LogP contribution is -2.13. The van der Waals surface area contributed by atoms with Crippen LogP contribution in [0.4, 0.5) is 0 Å². The summed E-state index contributed by atoms with van der Waals surface area (Å²) >= 11 is 0. The summed E-state index contributed by atoms with van der Waals surface area (Å²) < 4.78 is 4.81. The molecule has 1 atom stereocenters. The molecule has 0 bridgehead atoms. The minimum absolute atomic E-state index is 0.256. The molecule has 0 aromatic rings. The van der Waals surface area contributed by atoms with Gasteiger partial charge in [-0.15, -0.1) is 0 Å². The van der Waals surface area contributed by atoms with Gasteiger partial charge in [0, 0.05) is 13.3 Å². The van der Waals surface area contributed by atoms with Crippen LogP contribution in [-0.2, 0) is 14.3 Å². The summed E-state index contributed by atoms with van der Waals surface area (Å²) in [6.07, 6.45) is 2.26. The maximum absolute atomic E-state index is 10.5. The molecule has 0 fully saturated rings. The van der Waals surface area contributed by atoms with Gasteiger partial charge in [-0.1, -0.05) is 13.8 Å². The minimum atomic E-state index is -0.256. The largest absolute Gasteiger partial charge is 0.466 e. The summed E-state index contributed by atoms with van der Waals surface area (Å²) in [4.78, 5) is 20.8. The molecule has 0 aromatic heterocycles.